The summed E-state index contributed by atoms with van der Waals surface area (Å²) in [5.41, 5.74) is 0. The van der Waals surface area contributed by atoms with E-state index in [1.54, 1.807) is 0 Å². The van der Waals surface area contributed by atoms with Crippen molar-refractivity contribution in [2.75, 3.05) is 38.5 Å². The van der Waals surface area contributed by atoms with E-state index in [1.807, 2.05) is 11.8 Å². The monoisotopic (exact) mass is 508 g/mol. The maximum atomic E-state index is 12.3. The number of thioether (sulfide) groups is 1. The minimum atomic E-state index is 0.149. The van der Waals surface area contributed by atoms with Crippen LogP contribution in [0.1, 0.15) is 51.4 Å². The molecule has 3 saturated heterocycles. The van der Waals surface area contributed by atoms with Crippen LogP contribution in [0.15, 0.2) is 4.99 Å². The Kier molecular flexibility index (Phi) is 7.44. The largest absolute Gasteiger partial charge is 0.340 e. The van der Waals surface area contributed by atoms with Crippen molar-refractivity contribution in [1.82, 2.24) is 25.8 Å². The maximum Gasteiger partial charge on any atom is 0.225 e. The molecular weight excluding hydrogens is 468 g/mol. The van der Waals surface area contributed by atoms with Gasteiger partial charge in [0.05, 0.1) is 4.71 Å². The first-order valence-corrected chi connectivity index (χ1v) is 15.2. The van der Waals surface area contributed by atoms with Crippen LogP contribution in [0, 0.1) is 23.7 Å². The fraction of sp³-hybridized carbons (Fsp3) is 0.920. The molecule has 3 N–H and O–H groups in total. The first-order chi connectivity index (χ1) is 16.6. The molecule has 0 aromatic rings. The molecule has 0 spiro atoms. The van der Waals surface area contributed by atoms with Crippen LogP contribution in [-0.4, -0.2) is 89.6 Å². The van der Waals surface area contributed by atoms with Crippen LogP contribution in [0.5, 0.6) is 0 Å². The average Bonchev–Trinajstić information content (AvgIpc) is 3.49. The van der Waals surface area contributed by atoms with Gasteiger partial charge in [-0.05, 0) is 74.9 Å². The van der Waals surface area contributed by atoms with E-state index < -0.39 is 0 Å². The zero-order valence-electron chi connectivity index (χ0n) is 20.2. The Hall–Kier alpha value is -0.380. The Balaban J connectivity index is 0.942. The number of aliphatic imine (C=N–C) groups is 1. The third kappa shape index (κ3) is 5.47. The van der Waals surface area contributed by atoms with Crippen LogP contribution in [0.25, 0.3) is 0 Å². The summed E-state index contributed by atoms with van der Waals surface area (Å²) in [6.07, 6.45) is 11.9. The van der Waals surface area contributed by atoms with Crippen molar-refractivity contribution >= 4 is 35.5 Å². The van der Waals surface area contributed by atoms with Gasteiger partial charge in [0.15, 0.2) is 0 Å². The number of hydrogen-bond donors (Lipinski definition) is 3. The van der Waals surface area contributed by atoms with Crippen LogP contribution >= 0.6 is 23.4 Å². The van der Waals surface area contributed by atoms with E-state index in [-0.39, 0.29) is 12.5 Å². The molecule has 190 valence electrons. The maximum absolute atomic E-state index is 12.3. The molecule has 4 aliphatic heterocycles. The number of nitrogens with one attached hydrogen (secondary N) is 3. The molecule has 6 aliphatic rings. The van der Waals surface area contributed by atoms with E-state index in [2.05, 4.69) is 32.0 Å². The summed E-state index contributed by atoms with van der Waals surface area (Å²) in [5, 5.41) is 11.4. The van der Waals surface area contributed by atoms with E-state index in [1.165, 1.54) is 31.4 Å². The highest BCUT2D eigenvalue weighted by Gasteiger charge is 2.43. The Morgan fingerprint density at radius 2 is 1.88 bits per heavy atom. The lowest BCUT2D eigenvalue weighted by Crippen LogP contribution is -2.53. The van der Waals surface area contributed by atoms with Crippen molar-refractivity contribution in [3.05, 3.63) is 0 Å². The van der Waals surface area contributed by atoms with Gasteiger partial charge >= 0.3 is 0 Å². The lowest BCUT2D eigenvalue weighted by molar-refractivity contribution is -0.134. The van der Waals surface area contributed by atoms with Gasteiger partial charge in [0.1, 0.15) is 12.5 Å². The highest BCUT2D eigenvalue weighted by Crippen LogP contribution is 2.45. The predicted octanol–water partition coefficient (Wildman–Crippen LogP) is 2.27. The standard InChI is InChI=1S/C25H41ClN6OS/c26-23-19(6-12-34-23)18-3-4-20-21(14-18)29-25(28-20)30-22-13-16(5-7-27-22)15-31-8-10-32(11-9-31)24(33)17-1-2-17/h7,16-23,25,28-30H,1-6,8-15H2. The van der Waals surface area contributed by atoms with Gasteiger partial charge in [0.2, 0.25) is 5.91 Å². The van der Waals surface area contributed by atoms with Crippen LogP contribution in [0.2, 0.25) is 0 Å². The van der Waals surface area contributed by atoms with Gasteiger partial charge in [-0.2, -0.15) is 0 Å². The second-order valence-corrected chi connectivity index (χ2v) is 13.5. The lowest BCUT2D eigenvalue weighted by Gasteiger charge is -2.37. The summed E-state index contributed by atoms with van der Waals surface area (Å²) in [7, 11) is 0. The van der Waals surface area contributed by atoms with Crippen molar-refractivity contribution < 1.29 is 4.79 Å². The molecule has 8 atom stereocenters. The molecular formula is C25H41ClN6OS. The van der Waals surface area contributed by atoms with Gasteiger partial charge in [-0.1, -0.05) is 0 Å². The van der Waals surface area contributed by atoms with E-state index in [4.69, 9.17) is 16.6 Å². The SMILES string of the molecule is O=C(C1CC1)N1CCN(CC2CC=NC(NC3NC4CCC(C5CCSC5Cl)CC4N3)C2)CC1. The number of alkyl halides is 1. The molecule has 0 bridgehead atoms. The van der Waals surface area contributed by atoms with Crippen molar-refractivity contribution in [3.8, 4) is 0 Å². The van der Waals surface area contributed by atoms with Gasteiger partial charge in [-0.25, -0.2) is 0 Å². The smallest absolute Gasteiger partial charge is 0.225 e. The van der Waals surface area contributed by atoms with Crippen LogP contribution in [0.4, 0.5) is 0 Å². The molecule has 2 saturated carbocycles. The Bertz CT molecular complexity index is 760. The highest BCUT2D eigenvalue weighted by molar-refractivity contribution is 8.01. The van der Waals surface area contributed by atoms with Crippen LogP contribution in [-0.2, 0) is 4.79 Å². The van der Waals surface area contributed by atoms with Crippen LogP contribution < -0.4 is 16.0 Å². The average molecular weight is 509 g/mol. The number of carbonyl (C=O) groups is 1. The van der Waals surface area contributed by atoms with Gasteiger partial charge in [0.25, 0.3) is 0 Å². The van der Waals surface area contributed by atoms with Gasteiger partial charge in [-0.15, -0.1) is 23.4 Å². The lowest BCUT2D eigenvalue weighted by atomic mass is 9.76. The van der Waals surface area contributed by atoms with Crippen molar-refractivity contribution in [3.63, 3.8) is 0 Å². The summed E-state index contributed by atoms with van der Waals surface area (Å²) in [6.45, 7) is 4.96. The zero-order chi connectivity index (χ0) is 23.1. The Labute approximate surface area is 213 Å². The van der Waals surface area contributed by atoms with Gasteiger partial charge in [0, 0.05) is 56.9 Å². The number of piperazine rings is 1. The number of carbonyl (C=O) groups excluding carboxylic acids is 1. The number of halogens is 1. The molecule has 8 unspecified atom stereocenters. The molecule has 0 radical (unpaired) electrons. The summed E-state index contributed by atoms with van der Waals surface area (Å²) in [4.78, 5) is 21.8. The van der Waals surface area contributed by atoms with Gasteiger partial charge in [-0.3, -0.25) is 30.6 Å². The second-order valence-electron chi connectivity index (χ2n) is 11.5. The number of fused-ring (bicyclic) bond motifs is 1. The first kappa shape index (κ1) is 24.0. The molecule has 4 heterocycles. The third-order valence-corrected chi connectivity index (χ3v) is 10.9. The van der Waals surface area contributed by atoms with Gasteiger partial charge < -0.3 is 4.90 Å². The fourth-order valence-electron chi connectivity index (χ4n) is 6.94. The van der Waals surface area contributed by atoms with Crippen LogP contribution in [0.3, 0.4) is 0 Å². The quantitative estimate of drug-likeness (QED) is 0.478. The Morgan fingerprint density at radius 1 is 1.06 bits per heavy atom. The normalized spacial score (nSPS) is 43.3. The van der Waals surface area contributed by atoms with E-state index in [9.17, 15) is 4.79 Å². The highest BCUT2D eigenvalue weighted by atomic mass is 35.5. The van der Waals surface area contributed by atoms with Crippen molar-refractivity contribution in [1.29, 1.82) is 0 Å². The minimum absolute atomic E-state index is 0.149. The third-order valence-electron chi connectivity index (χ3n) is 9.09. The van der Waals surface area contributed by atoms with E-state index in [0.29, 0.717) is 40.5 Å². The zero-order valence-corrected chi connectivity index (χ0v) is 21.8. The number of hydrogen-bond acceptors (Lipinski definition) is 7. The summed E-state index contributed by atoms with van der Waals surface area (Å²) in [6, 6.07) is 1.11. The summed E-state index contributed by atoms with van der Waals surface area (Å²) in [5.74, 6) is 4.08. The molecule has 1 amide bonds. The van der Waals surface area contributed by atoms with E-state index >= 15 is 0 Å². The molecule has 34 heavy (non-hydrogen) atoms. The van der Waals surface area contributed by atoms with Crippen molar-refractivity contribution in [2.24, 2.45) is 28.7 Å². The number of rotatable bonds is 6. The topological polar surface area (TPSA) is 72.0 Å². The summed E-state index contributed by atoms with van der Waals surface area (Å²) < 4.78 is 0.319. The predicted molar refractivity (Wildman–Crippen MR) is 139 cm³/mol. The fourth-order valence-corrected chi connectivity index (χ4v) is 8.77. The molecule has 5 fully saturated rings. The molecule has 7 nitrogen and oxygen atoms in total. The molecule has 0 aromatic carbocycles. The molecule has 2 aliphatic carbocycles. The minimum Gasteiger partial charge on any atom is -0.340 e. The second kappa shape index (κ2) is 10.5. The van der Waals surface area contributed by atoms with E-state index in [0.717, 1.165) is 64.3 Å². The Morgan fingerprint density at radius 3 is 2.65 bits per heavy atom. The summed E-state index contributed by atoms with van der Waals surface area (Å²) >= 11 is 8.56. The number of amides is 1. The molecule has 0 aromatic heterocycles. The molecule has 9 heteroatoms. The number of nitrogens with zero attached hydrogens (tertiary/aromatic N) is 3. The first-order valence-electron chi connectivity index (χ1n) is 13.7. The van der Waals surface area contributed by atoms with Crippen molar-refractivity contribution in [2.45, 2.75) is 80.6 Å². The molecule has 6 rings (SSSR count).